The van der Waals surface area contributed by atoms with Gasteiger partial charge < -0.3 is 5.32 Å². The number of hydrogen-bond acceptors (Lipinski definition) is 1. The summed E-state index contributed by atoms with van der Waals surface area (Å²) in [5.74, 6) is -0.324. The molecule has 88 valence electrons. The molecule has 0 aliphatic heterocycles. The van der Waals surface area contributed by atoms with Crippen molar-refractivity contribution in [3.8, 4) is 0 Å². The second-order valence-corrected chi connectivity index (χ2v) is 5.27. The molecule has 2 nitrogen and oxygen atoms in total. The Balaban J connectivity index is 3.19. The summed E-state index contributed by atoms with van der Waals surface area (Å²) in [6.07, 6.45) is 0. The van der Waals surface area contributed by atoms with E-state index in [2.05, 4.69) is 26.1 Å². The fourth-order valence-corrected chi connectivity index (χ4v) is 1.74. The monoisotopic (exact) mass is 259 g/mol. The van der Waals surface area contributed by atoms with Crippen molar-refractivity contribution in [2.45, 2.75) is 26.2 Å². The van der Waals surface area contributed by atoms with Crippen molar-refractivity contribution in [2.75, 3.05) is 11.2 Å². The van der Waals surface area contributed by atoms with Gasteiger partial charge in [0.05, 0.1) is 10.7 Å². The maximum atomic E-state index is 11.3. The van der Waals surface area contributed by atoms with Crippen molar-refractivity contribution < 1.29 is 4.79 Å². The van der Waals surface area contributed by atoms with E-state index in [0.29, 0.717) is 10.7 Å². The molecule has 0 aliphatic carbocycles. The van der Waals surface area contributed by atoms with Crippen LogP contribution in [0.4, 0.5) is 5.69 Å². The summed E-state index contributed by atoms with van der Waals surface area (Å²) in [6, 6.07) is 5.58. The molecule has 0 aromatic heterocycles. The highest BCUT2D eigenvalue weighted by Gasteiger charge is 2.20. The Bertz CT molecular complexity index is 396. The molecule has 0 heterocycles. The van der Waals surface area contributed by atoms with Crippen molar-refractivity contribution in [1.82, 2.24) is 0 Å². The summed E-state index contributed by atoms with van der Waals surface area (Å²) in [5, 5.41) is 3.27. The van der Waals surface area contributed by atoms with Crippen LogP contribution in [0.3, 0.4) is 0 Å². The van der Waals surface area contributed by atoms with Crippen molar-refractivity contribution >= 4 is 34.8 Å². The number of rotatable bonds is 2. The highest BCUT2D eigenvalue weighted by atomic mass is 35.5. The van der Waals surface area contributed by atoms with E-state index in [1.807, 2.05) is 12.1 Å². The van der Waals surface area contributed by atoms with Crippen LogP contribution in [0.25, 0.3) is 0 Å². The zero-order valence-electron chi connectivity index (χ0n) is 9.60. The van der Waals surface area contributed by atoms with Gasteiger partial charge in [0.25, 0.3) is 0 Å². The van der Waals surface area contributed by atoms with Crippen LogP contribution in [0, 0.1) is 0 Å². The summed E-state index contributed by atoms with van der Waals surface area (Å²) in [6.45, 7) is 6.19. The van der Waals surface area contributed by atoms with Crippen LogP contribution in [0.2, 0.25) is 5.02 Å². The molecular weight excluding hydrogens is 245 g/mol. The van der Waals surface area contributed by atoms with E-state index in [1.54, 1.807) is 6.07 Å². The quantitative estimate of drug-likeness (QED) is 0.805. The third-order valence-electron chi connectivity index (χ3n) is 2.21. The van der Waals surface area contributed by atoms with Crippen molar-refractivity contribution in [3.63, 3.8) is 0 Å². The molecule has 0 spiro atoms. The summed E-state index contributed by atoms with van der Waals surface area (Å²) < 4.78 is 0. The Morgan fingerprint density at radius 3 is 2.50 bits per heavy atom. The van der Waals surface area contributed by atoms with Gasteiger partial charge in [-0.3, -0.25) is 4.79 Å². The van der Waals surface area contributed by atoms with Crippen molar-refractivity contribution in [2.24, 2.45) is 0 Å². The minimum Gasteiger partial charge on any atom is -0.323 e. The Labute approximate surface area is 106 Å². The van der Waals surface area contributed by atoms with Gasteiger partial charge in [-0.15, -0.1) is 11.6 Å². The lowest BCUT2D eigenvalue weighted by Crippen LogP contribution is -2.19. The Hall–Kier alpha value is -0.730. The van der Waals surface area contributed by atoms with Crippen LogP contribution in [0.15, 0.2) is 18.2 Å². The second kappa shape index (κ2) is 5.07. The fourth-order valence-electron chi connectivity index (χ4n) is 1.45. The normalized spacial score (nSPS) is 11.3. The van der Waals surface area contributed by atoms with Crippen LogP contribution < -0.4 is 5.32 Å². The molecule has 16 heavy (non-hydrogen) atoms. The number of amides is 1. The van der Waals surface area contributed by atoms with Gasteiger partial charge in [-0.2, -0.15) is 0 Å². The highest BCUT2D eigenvalue weighted by Crippen LogP contribution is 2.34. The van der Waals surface area contributed by atoms with E-state index >= 15 is 0 Å². The molecule has 0 radical (unpaired) electrons. The number of alkyl halides is 1. The minimum atomic E-state index is -0.250. The van der Waals surface area contributed by atoms with E-state index in [-0.39, 0.29) is 17.2 Å². The molecule has 0 unspecified atom stereocenters. The fraction of sp³-hybridized carbons (Fsp3) is 0.417. The molecule has 0 bridgehead atoms. The van der Waals surface area contributed by atoms with Crippen LogP contribution >= 0.6 is 23.2 Å². The average molecular weight is 260 g/mol. The molecule has 0 aliphatic rings. The van der Waals surface area contributed by atoms with Gasteiger partial charge in [-0.1, -0.05) is 44.5 Å². The van der Waals surface area contributed by atoms with E-state index in [0.717, 1.165) is 5.56 Å². The predicted octanol–water partition coefficient (Wildman–Crippen LogP) is 3.81. The van der Waals surface area contributed by atoms with Gasteiger partial charge >= 0.3 is 0 Å². The third-order valence-corrected chi connectivity index (χ3v) is 2.77. The average Bonchev–Trinajstić information content (AvgIpc) is 2.19. The highest BCUT2D eigenvalue weighted by molar-refractivity contribution is 6.35. The SMILES string of the molecule is CC(C)(C)c1cccc(Cl)c1NC(=O)CCl. The zero-order valence-corrected chi connectivity index (χ0v) is 11.1. The van der Waals surface area contributed by atoms with Crippen LogP contribution in [-0.4, -0.2) is 11.8 Å². The lowest BCUT2D eigenvalue weighted by atomic mass is 9.86. The van der Waals surface area contributed by atoms with E-state index in [9.17, 15) is 4.79 Å². The molecule has 0 fully saturated rings. The van der Waals surface area contributed by atoms with Gasteiger partial charge in [0.15, 0.2) is 0 Å². The zero-order chi connectivity index (χ0) is 12.3. The minimum absolute atomic E-state index is 0.0746. The third kappa shape index (κ3) is 3.13. The second-order valence-electron chi connectivity index (χ2n) is 4.59. The predicted molar refractivity (Wildman–Crippen MR) is 69.5 cm³/mol. The molecule has 0 atom stereocenters. The number of carbonyl (C=O) groups is 1. The lowest BCUT2D eigenvalue weighted by Gasteiger charge is -2.23. The summed E-state index contributed by atoms with van der Waals surface area (Å²) in [5.41, 5.74) is 1.57. The molecular formula is C12H15Cl2NO. The van der Waals surface area contributed by atoms with Crippen LogP contribution in [0.1, 0.15) is 26.3 Å². The first-order valence-electron chi connectivity index (χ1n) is 5.01. The van der Waals surface area contributed by atoms with Crippen molar-refractivity contribution in [1.29, 1.82) is 0 Å². The number of hydrogen-bond donors (Lipinski definition) is 1. The Kier molecular flexibility index (Phi) is 4.22. The first kappa shape index (κ1) is 13.3. The van der Waals surface area contributed by atoms with Crippen LogP contribution in [-0.2, 0) is 10.2 Å². The van der Waals surface area contributed by atoms with Crippen molar-refractivity contribution in [3.05, 3.63) is 28.8 Å². The van der Waals surface area contributed by atoms with Gasteiger partial charge in [0.1, 0.15) is 5.88 Å². The number of anilines is 1. The van der Waals surface area contributed by atoms with E-state index in [4.69, 9.17) is 23.2 Å². The number of nitrogens with one attached hydrogen (secondary N) is 1. The molecule has 0 saturated carbocycles. The lowest BCUT2D eigenvalue weighted by molar-refractivity contribution is -0.113. The first-order valence-corrected chi connectivity index (χ1v) is 5.92. The van der Waals surface area contributed by atoms with Crippen LogP contribution in [0.5, 0.6) is 0 Å². The molecule has 1 amide bonds. The largest absolute Gasteiger partial charge is 0.323 e. The number of para-hydroxylation sites is 1. The maximum Gasteiger partial charge on any atom is 0.239 e. The molecule has 1 N–H and O–H groups in total. The smallest absolute Gasteiger partial charge is 0.239 e. The molecule has 1 rings (SSSR count). The summed E-state index contributed by atoms with van der Waals surface area (Å²) in [7, 11) is 0. The maximum absolute atomic E-state index is 11.3. The van der Waals surface area contributed by atoms with Gasteiger partial charge in [0.2, 0.25) is 5.91 Å². The number of halogens is 2. The molecule has 4 heteroatoms. The summed E-state index contributed by atoms with van der Waals surface area (Å²) in [4.78, 5) is 11.3. The van der Waals surface area contributed by atoms with Gasteiger partial charge in [-0.05, 0) is 17.0 Å². The van der Waals surface area contributed by atoms with E-state index in [1.165, 1.54) is 0 Å². The molecule has 1 aromatic rings. The molecule has 1 aromatic carbocycles. The molecule has 0 saturated heterocycles. The first-order chi connectivity index (χ1) is 7.36. The van der Waals surface area contributed by atoms with E-state index < -0.39 is 0 Å². The Morgan fingerprint density at radius 2 is 2.00 bits per heavy atom. The topological polar surface area (TPSA) is 29.1 Å². The number of benzene rings is 1. The van der Waals surface area contributed by atoms with Gasteiger partial charge in [0, 0.05) is 0 Å². The van der Waals surface area contributed by atoms with Gasteiger partial charge in [-0.25, -0.2) is 0 Å². The Morgan fingerprint density at radius 1 is 1.38 bits per heavy atom. The standard InChI is InChI=1S/C12H15Cl2NO/c1-12(2,3)8-5-4-6-9(14)11(8)15-10(16)7-13/h4-6H,7H2,1-3H3,(H,15,16). The summed E-state index contributed by atoms with van der Waals surface area (Å²) >= 11 is 11.5. The number of carbonyl (C=O) groups excluding carboxylic acids is 1.